The molecule has 1 aromatic carbocycles. The molecule has 0 aliphatic heterocycles. The lowest BCUT2D eigenvalue weighted by Gasteiger charge is -2.58. The predicted molar refractivity (Wildman–Crippen MR) is 91.6 cm³/mol. The summed E-state index contributed by atoms with van der Waals surface area (Å²) in [5, 5.41) is 23.7. The van der Waals surface area contributed by atoms with E-state index >= 15 is 0 Å². The van der Waals surface area contributed by atoms with Gasteiger partial charge in [-0.05, 0) is 81.4 Å². The van der Waals surface area contributed by atoms with Gasteiger partial charge < -0.3 is 15.5 Å². The number of hydrogen-bond donors (Lipinski definition) is 3. The van der Waals surface area contributed by atoms with Gasteiger partial charge in [-0.2, -0.15) is 0 Å². The molecule has 0 spiro atoms. The standard InChI is InChI=1S/C20H27NO3/c1-19(2,15-4-3-5-16(22)8-15)18(23)21-17-13-6-12-7-14(17)11-20(24,9-12)10-13/h3-5,8,12-14,17,22,24H,6-7,9-11H2,1-2H3,(H,21,23). The van der Waals surface area contributed by atoms with E-state index in [9.17, 15) is 15.0 Å². The molecule has 0 aromatic heterocycles. The molecule has 1 amide bonds. The molecule has 5 rings (SSSR count). The van der Waals surface area contributed by atoms with Crippen molar-refractivity contribution >= 4 is 5.91 Å². The van der Waals surface area contributed by atoms with Gasteiger partial charge in [0.1, 0.15) is 5.75 Å². The SMILES string of the molecule is CC(C)(C(=O)NC1C2CC3CC1CC(O)(C3)C2)c1cccc(O)c1. The van der Waals surface area contributed by atoms with Crippen LogP contribution in [0, 0.1) is 17.8 Å². The molecular weight excluding hydrogens is 302 g/mol. The Morgan fingerprint density at radius 2 is 1.88 bits per heavy atom. The first-order valence-electron chi connectivity index (χ1n) is 9.10. The molecule has 0 heterocycles. The minimum Gasteiger partial charge on any atom is -0.508 e. The van der Waals surface area contributed by atoms with Gasteiger partial charge in [0, 0.05) is 6.04 Å². The van der Waals surface area contributed by atoms with E-state index in [2.05, 4.69) is 5.32 Å². The third-order valence-corrected chi connectivity index (χ3v) is 6.67. The molecule has 4 heteroatoms. The third-order valence-electron chi connectivity index (χ3n) is 6.67. The Morgan fingerprint density at radius 1 is 1.21 bits per heavy atom. The van der Waals surface area contributed by atoms with Crippen LogP contribution in [0.1, 0.15) is 51.5 Å². The highest BCUT2D eigenvalue weighted by Gasteiger charge is 2.55. The van der Waals surface area contributed by atoms with Gasteiger partial charge in [0.25, 0.3) is 0 Å². The molecule has 4 aliphatic rings. The summed E-state index contributed by atoms with van der Waals surface area (Å²) in [6.07, 6.45) is 4.89. The van der Waals surface area contributed by atoms with Crippen molar-refractivity contribution in [1.29, 1.82) is 0 Å². The molecule has 4 aliphatic carbocycles. The van der Waals surface area contributed by atoms with E-state index < -0.39 is 11.0 Å². The normalized spacial score (nSPS) is 37.5. The van der Waals surface area contributed by atoms with Crippen LogP contribution in [0.15, 0.2) is 24.3 Å². The second-order valence-electron chi connectivity index (χ2n) is 8.87. The number of phenolic OH excluding ortho intramolecular Hbond substituents is 1. The molecule has 4 fully saturated rings. The van der Waals surface area contributed by atoms with Crippen molar-refractivity contribution in [2.75, 3.05) is 0 Å². The minimum atomic E-state index is -0.690. The van der Waals surface area contributed by atoms with Crippen molar-refractivity contribution in [3.8, 4) is 5.75 Å². The molecule has 0 saturated heterocycles. The smallest absolute Gasteiger partial charge is 0.230 e. The molecule has 4 nitrogen and oxygen atoms in total. The van der Waals surface area contributed by atoms with Gasteiger partial charge in [-0.15, -0.1) is 0 Å². The molecule has 130 valence electrons. The monoisotopic (exact) mass is 329 g/mol. The fraction of sp³-hybridized carbons (Fsp3) is 0.650. The zero-order chi connectivity index (χ0) is 17.1. The topological polar surface area (TPSA) is 69.6 Å². The van der Waals surface area contributed by atoms with Crippen molar-refractivity contribution in [2.45, 2.75) is 63.0 Å². The summed E-state index contributed by atoms with van der Waals surface area (Å²) >= 11 is 0. The van der Waals surface area contributed by atoms with Crippen molar-refractivity contribution in [3.05, 3.63) is 29.8 Å². The summed E-state index contributed by atoms with van der Waals surface area (Å²) in [5.41, 5.74) is -0.342. The van der Waals surface area contributed by atoms with Crippen LogP contribution in [0.4, 0.5) is 0 Å². The van der Waals surface area contributed by atoms with Gasteiger partial charge in [-0.1, -0.05) is 12.1 Å². The number of nitrogens with one attached hydrogen (secondary N) is 1. The van der Waals surface area contributed by atoms with E-state index in [0.717, 1.165) is 37.7 Å². The van der Waals surface area contributed by atoms with Gasteiger partial charge in [-0.25, -0.2) is 0 Å². The van der Waals surface area contributed by atoms with Crippen molar-refractivity contribution < 1.29 is 15.0 Å². The summed E-state index contributed by atoms with van der Waals surface area (Å²) in [6.45, 7) is 3.81. The van der Waals surface area contributed by atoms with Crippen molar-refractivity contribution in [3.63, 3.8) is 0 Å². The Bertz CT molecular complexity index is 653. The molecular formula is C20H27NO3. The van der Waals surface area contributed by atoms with Crippen LogP contribution in [-0.4, -0.2) is 27.8 Å². The first-order valence-corrected chi connectivity index (χ1v) is 9.10. The zero-order valence-corrected chi connectivity index (χ0v) is 14.5. The van der Waals surface area contributed by atoms with Crippen LogP contribution in [0.2, 0.25) is 0 Å². The van der Waals surface area contributed by atoms with Gasteiger partial charge in [-0.3, -0.25) is 4.79 Å². The van der Waals surface area contributed by atoms with Gasteiger partial charge in [0.2, 0.25) is 5.91 Å². The number of carbonyl (C=O) groups is 1. The number of phenols is 1. The summed E-state index contributed by atoms with van der Waals surface area (Å²) in [5.74, 6) is 1.65. The van der Waals surface area contributed by atoms with Gasteiger partial charge in [0.15, 0.2) is 0 Å². The summed E-state index contributed by atoms with van der Waals surface area (Å²) < 4.78 is 0. The van der Waals surface area contributed by atoms with E-state index in [1.165, 1.54) is 0 Å². The lowest BCUT2D eigenvalue weighted by molar-refractivity contribution is -0.148. The molecule has 24 heavy (non-hydrogen) atoms. The number of aliphatic hydroxyl groups is 1. The fourth-order valence-corrected chi connectivity index (χ4v) is 5.57. The summed E-state index contributed by atoms with van der Waals surface area (Å²) in [4.78, 5) is 13.0. The quantitative estimate of drug-likeness (QED) is 0.798. The first kappa shape index (κ1) is 15.9. The van der Waals surface area contributed by atoms with E-state index in [4.69, 9.17) is 0 Å². The lowest BCUT2D eigenvalue weighted by Crippen LogP contribution is -2.62. The molecule has 2 atom stereocenters. The van der Waals surface area contributed by atoms with Crippen LogP contribution in [0.3, 0.4) is 0 Å². The molecule has 2 unspecified atom stereocenters. The highest BCUT2D eigenvalue weighted by molar-refractivity contribution is 5.87. The Labute approximate surface area is 143 Å². The number of amides is 1. The average Bonchev–Trinajstić information content (AvgIpc) is 2.49. The van der Waals surface area contributed by atoms with Gasteiger partial charge >= 0.3 is 0 Å². The maximum atomic E-state index is 13.0. The average molecular weight is 329 g/mol. The first-order chi connectivity index (χ1) is 11.3. The van der Waals surface area contributed by atoms with Crippen LogP contribution in [0.5, 0.6) is 5.75 Å². The summed E-state index contributed by atoms with van der Waals surface area (Å²) in [6, 6.07) is 7.14. The molecule has 3 N–H and O–H groups in total. The predicted octanol–water partition coefficient (Wildman–Crippen LogP) is 2.73. The number of rotatable bonds is 3. The van der Waals surface area contributed by atoms with Gasteiger partial charge in [0.05, 0.1) is 11.0 Å². The fourth-order valence-electron chi connectivity index (χ4n) is 5.57. The molecule has 4 bridgehead atoms. The van der Waals surface area contributed by atoms with Crippen LogP contribution in [0.25, 0.3) is 0 Å². The van der Waals surface area contributed by atoms with Crippen molar-refractivity contribution in [1.82, 2.24) is 5.32 Å². The third kappa shape index (κ3) is 2.52. The van der Waals surface area contributed by atoms with E-state index in [-0.39, 0.29) is 17.7 Å². The number of hydrogen-bond acceptors (Lipinski definition) is 3. The molecule has 4 saturated carbocycles. The Morgan fingerprint density at radius 3 is 2.46 bits per heavy atom. The highest BCUT2D eigenvalue weighted by Crippen LogP contribution is 2.55. The lowest BCUT2D eigenvalue weighted by atomic mass is 9.52. The van der Waals surface area contributed by atoms with E-state index in [1.54, 1.807) is 18.2 Å². The molecule has 0 radical (unpaired) electrons. The Hall–Kier alpha value is -1.55. The van der Waals surface area contributed by atoms with E-state index in [0.29, 0.717) is 17.8 Å². The number of carbonyl (C=O) groups excluding carboxylic acids is 1. The van der Waals surface area contributed by atoms with E-state index in [1.807, 2.05) is 19.9 Å². The van der Waals surface area contributed by atoms with Crippen molar-refractivity contribution in [2.24, 2.45) is 17.8 Å². The highest BCUT2D eigenvalue weighted by atomic mass is 16.3. The zero-order valence-electron chi connectivity index (χ0n) is 14.5. The number of benzene rings is 1. The largest absolute Gasteiger partial charge is 0.508 e. The minimum absolute atomic E-state index is 0.0116. The maximum Gasteiger partial charge on any atom is 0.230 e. The van der Waals surface area contributed by atoms with Crippen LogP contribution < -0.4 is 5.32 Å². The van der Waals surface area contributed by atoms with Crippen LogP contribution in [-0.2, 0) is 10.2 Å². The Kier molecular flexibility index (Phi) is 3.47. The van der Waals surface area contributed by atoms with Crippen LogP contribution >= 0.6 is 0 Å². The second-order valence-corrected chi connectivity index (χ2v) is 8.87. The molecule has 1 aromatic rings. The second kappa shape index (κ2) is 5.22. The maximum absolute atomic E-state index is 13.0. The Balaban J connectivity index is 1.52. The number of aromatic hydroxyl groups is 1. The summed E-state index contributed by atoms with van der Waals surface area (Å²) in [7, 11) is 0.